The van der Waals surface area contributed by atoms with E-state index in [4.69, 9.17) is 49.0 Å². The van der Waals surface area contributed by atoms with Crippen LogP contribution in [0.25, 0.3) is 6.08 Å². The molecule has 40 heavy (non-hydrogen) atoms. The predicted molar refractivity (Wildman–Crippen MR) is 158 cm³/mol. The van der Waals surface area contributed by atoms with Crippen LogP contribution in [0.3, 0.4) is 0 Å². The summed E-state index contributed by atoms with van der Waals surface area (Å²) in [5, 5.41) is 3.27. The van der Waals surface area contributed by atoms with Gasteiger partial charge in [0.15, 0.2) is 11.5 Å². The van der Waals surface area contributed by atoms with Crippen molar-refractivity contribution in [2.75, 3.05) is 25.6 Å². The molecule has 208 valence electrons. The standard InChI is InChI=1S/C28H23Cl3N2O6S/c1-3-38-24-11-16(5-8-23(24)39-15-17-4-7-19(29)20(30)10-17)12-25-27(35)33(28(36)40-25)14-26(34)32-18-6-9-22(37-2)21(31)13-18/h4-13H,3,14-15H2,1-2H3,(H,32,34)/b25-12+. The van der Waals surface area contributed by atoms with E-state index in [2.05, 4.69) is 5.32 Å². The molecule has 1 fully saturated rings. The first-order chi connectivity index (χ1) is 19.2. The lowest BCUT2D eigenvalue weighted by atomic mass is 10.1. The Morgan fingerprint density at radius 2 is 1.70 bits per heavy atom. The molecule has 1 N–H and O–H groups in total. The van der Waals surface area contributed by atoms with E-state index >= 15 is 0 Å². The molecule has 1 aliphatic heterocycles. The van der Waals surface area contributed by atoms with E-state index < -0.39 is 23.6 Å². The summed E-state index contributed by atoms with van der Waals surface area (Å²) in [6.07, 6.45) is 1.57. The lowest BCUT2D eigenvalue weighted by Gasteiger charge is -2.13. The molecule has 3 aromatic rings. The fourth-order valence-corrected chi connectivity index (χ4v) is 5.09. The Labute approximate surface area is 250 Å². The third kappa shape index (κ3) is 7.22. The van der Waals surface area contributed by atoms with Crippen molar-refractivity contribution in [1.82, 2.24) is 4.90 Å². The van der Waals surface area contributed by atoms with Gasteiger partial charge in [-0.1, -0.05) is 46.9 Å². The van der Waals surface area contributed by atoms with Crippen LogP contribution in [0.2, 0.25) is 15.1 Å². The van der Waals surface area contributed by atoms with Crippen molar-refractivity contribution in [3.8, 4) is 17.2 Å². The summed E-state index contributed by atoms with van der Waals surface area (Å²) in [5.41, 5.74) is 1.85. The fourth-order valence-electron chi connectivity index (χ4n) is 3.67. The first-order valence-electron chi connectivity index (χ1n) is 11.9. The quantitative estimate of drug-likeness (QED) is 0.237. The van der Waals surface area contributed by atoms with Crippen molar-refractivity contribution < 1.29 is 28.6 Å². The Balaban J connectivity index is 1.44. The molecule has 12 heteroatoms. The van der Waals surface area contributed by atoms with Crippen molar-refractivity contribution in [2.24, 2.45) is 0 Å². The lowest BCUT2D eigenvalue weighted by molar-refractivity contribution is -0.127. The third-order valence-corrected chi connectivity index (χ3v) is 7.50. The number of imide groups is 1. The van der Waals surface area contributed by atoms with Crippen LogP contribution in [0.15, 0.2) is 59.5 Å². The number of hydrogen-bond acceptors (Lipinski definition) is 7. The monoisotopic (exact) mass is 620 g/mol. The molecule has 1 heterocycles. The van der Waals surface area contributed by atoms with Gasteiger partial charge in [0, 0.05) is 5.69 Å². The maximum atomic E-state index is 13.0. The van der Waals surface area contributed by atoms with Crippen molar-refractivity contribution in [2.45, 2.75) is 13.5 Å². The van der Waals surface area contributed by atoms with Gasteiger partial charge in [0.2, 0.25) is 5.91 Å². The second kappa shape index (κ2) is 13.3. The van der Waals surface area contributed by atoms with Crippen LogP contribution in [-0.2, 0) is 16.2 Å². The van der Waals surface area contributed by atoms with Crippen molar-refractivity contribution in [3.63, 3.8) is 0 Å². The number of rotatable bonds is 10. The van der Waals surface area contributed by atoms with Crippen LogP contribution in [-0.4, -0.2) is 42.2 Å². The van der Waals surface area contributed by atoms with Gasteiger partial charge in [-0.2, -0.15) is 0 Å². The zero-order valence-corrected chi connectivity index (χ0v) is 24.4. The molecule has 8 nitrogen and oxygen atoms in total. The minimum Gasteiger partial charge on any atom is -0.495 e. The van der Waals surface area contributed by atoms with Crippen molar-refractivity contribution in [3.05, 3.63) is 85.7 Å². The molecule has 0 aliphatic carbocycles. The number of anilines is 1. The van der Waals surface area contributed by atoms with E-state index in [0.29, 0.717) is 50.2 Å². The number of nitrogens with zero attached hydrogens (tertiary/aromatic N) is 1. The van der Waals surface area contributed by atoms with Gasteiger partial charge in [-0.25, -0.2) is 0 Å². The number of nitrogens with one attached hydrogen (secondary N) is 1. The normalized spacial score (nSPS) is 14.0. The molecule has 0 spiro atoms. The third-order valence-electron chi connectivity index (χ3n) is 5.55. The molecule has 3 amide bonds. The minimum absolute atomic E-state index is 0.178. The molecule has 0 atom stereocenters. The summed E-state index contributed by atoms with van der Waals surface area (Å²) < 4.78 is 16.7. The predicted octanol–water partition coefficient (Wildman–Crippen LogP) is 7.31. The molecule has 4 rings (SSSR count). The van der Waals surface area contributed by atoms with Gasteiger partial charge in [-0.3, -0.25) is 19.3 Å². The summed E-state index contributed by atoms with van der Waals surface area (Å²) >= 11 is 18.9. The van der Waals surface area contributed by atoms with Crippen LogP contribution >= 0.6 is 46.6 Å². The van der Waals surface area contributed by atoms with Crippen LogP contribution in [0.5, 0.6) is 17.2 Å². The average Bonchev–Trinajstić information content (AvgIpc) is 3.17. The Bertz CT molecular complexity index is 1500. The first-order valence-corrected chi connectivity index (χ1v) is 13.9. The van der Waals surface area contributed by atoms with E-state index in [1.807, 2.05) is 13.0 Å². The molecular formula is C28H23Cl3N2O6S. The number of benzene rings is 3. The highest BCUT2D eigenvalue weighted by Crippen LogP contribution is 2.35. The van der Waals surface area contributed by atoms with E-state index in [1.165, 1.54) is 13.2 Å². The summed E-state index contributed by atoms with van der Waals surface area (Å²) in [4.78, 5) is 39.1. The lowest BCUT2D eigenvalue weighted by Crippen LogP contribution is -2.36. The maximum absolute atomic E-state index is 13.0. The summed E-state index contributed by atoms with van der Waals surface area (Å²) in [6.45, 7) is 2.01. The van der Waals surface area contributed by atoms with Crippen LogP contribution in [0.1, 0.15) is 18.1 Å². The second-order valence-corrected chi connectivity index (χ2v) is 10.6. The van der Waals surface area contributed by atoms with Crippen LogP contribution in [0, 0.1) is 0 Å². The number of hydrogen-bond donors (Lipinski definition) is 1. The van der Waals surface area contributed by atoms with Crippen LogP contribution in [0.4, 0.5) is 10.5 Å². The number of thioether (sulfide) groups is 1. The van der Waals surface area contributed by atoms with Gasteiger partial charge in [0.05, 0.1) is 33.7 Å². The van der Waals surface area contributed by atoms with Crippen molar-refractivity contribution in [1.29, 1.82) is 0 Å². The minimum atomic E-state index is -0.573. The van der Waals surface area contributed by atoms with Gasteiger partial charge in [0.1, 0.15) is 18.9 Å². The van der Waals surface area contributed by atoms with E-state index in [0.717, 1.165) is 22.2 Å². The number of methoxy groups -OCH3 is 1. The van der Waals surface area contributed by atoms with E-state index in [1.54, 1.807) is 48.5 Å². The number of carbonyl (C=O) groups excluding carboxylic acids is 3. The number of amides is 3. The highest BCUT2D eigenvalue weighted by Gasteiger charge is 2.36. The molecule has 0 saturated carbocycles. The number of halogens is 3. The Morgan fingerprint density at radius 1 is 0.925 bits per heavy atom. The molecular weight excluding hydrogens is 599 g/mol. The fraction of sp³-hybridized carbons (Fsp3) is 0.179. The first kappa shape index (κ1) is 29.6. The van der Waals surface area contributed by atoms with E-state index in [9.17, 15) is 14.4 Å². The van der Waals surface area contributed by atoms with Gasteiger partial charge >= 0.3 is 0 Å². The summed E-state index contributed by atoms with van der Waals surface area (Å²) in [5.74, 6) is 0.290. The topological polar surface area (TPSA) is 94.2 Å². The molecule has 1 aliphatic rings. The highest BCUT2D eigenvalue weighted by atomic mass is 35.5. The molecule has 0 aromatic heterocycles. The van der Waals surface area contributed by atoms with Crippen molar-refractivity contribution >= 4 is 75.4 Å². The zero-order chi connectivity index (χ0) is 28.8. The second-order valence-electron chi connectivity index (χ2n) is 8.34. The SMILES string of the molecule is CCOc1cc(/C=C2/SC(=O)N(CC(=O)Nc3ccc(OC)c(Cl)c3)C2=O)ccc1OCc1ccc(Cl)c(Cl)c1. The smallest absolute Gasteiger partial charge is 0.294 e. The van der Waals surface area contributed by atoms with Crippen LogP contribution < -0.4 is 19.5 Å². The number of ether oxygens (including phenoxy) is 3. The van der Waals surface area contributed by atoms with Gasteiger partial charge in [0.25, 0.3) is 11.1 Å². The Kier molecular flexibility index (Phi) is 9.86. The Hall–Kier alpha value is -3.37. The summed E-state index contributed by atoms with van der Waals surface area (Å²) in [6, 6.07) is 15.1. The highest BCUT2D eigenvalue weighted by molar-refractivity contribution is 8.18. The zero-order valence-electron chi connectivity index (χ0n) is 21.3. The van der Waals surface area contributed by atoms with Gasteiger partial charge in [-0.05, 0) is 78.4 Å². The molecule has 3 aromatic carbocycles. The summed E-state index contributed by atoms with van der Waals surface area (Å²) in [7, 11) is 1.48. The van der Waals surface area contributed by atoms with Gasteiger partial charge in [-0.15, -0.1) is 0 Å². The largest absolute Gasteiger partial charge is 0.495 e. The molecule has 0 radical (unpaired) electrons. The molecule has 0 unspecified atom stereocenters. The average molecular weight is 622 g/mol. The number of carbonyl (C=O) groups is 3. The van der Waals surface area contributed by atoms with Gasteiger partial charge < -0.3 is 19.5 Å². The molecule has 0 bridgehead atoms. The molecule has 1 saturated heterocycles. The Morgan fingerprint density at radius 3 is 2.40 bits per heavy atom. The maximum Gasteiger partial charge on any atom is 0.294 e. The van der Waals surface area contributed by atoms with E-state index in [-0.39, 0.29) is 11.5 Å².